The molecule has 82 heavy (non-hydrogen) atoms. The zero-order valence-electron chi connectivity index (χ0n) is 49.5. The Hall–Kier alpha value is -7.13. The van der Waals surface area contributed by atoms with Crippen molar-refractivity contribution in [2.45, 2.75) is 103 Å². The molecule has 13 atom stereocenters. The number of aliphatic imine (C=N–C) groups is 1. The molecule has 11 rings (SSSR count). The van der Waals surface area contributed by atoms with Gasteiger partial charge in [0.25, 0.3) is 0 Å². The summed E-state index contributed by atoms with van der Waals surface area (Å²) in [5, 5.41) is 1.83. The molecule has 0 amide bonds. The van der Waals surface area contributed by atoms with Crippen LogP contribution in [0.15, 0.2) is 134 Å². The standard InChI is InChI=1S/C68H84N8O6/c1-13-46-27-33-74-34-28-49(46)35-62(74)67(53(16-4)56-36-50(77-10)17-20-59(56)69-9)81-64-39-63(80-65(44(7)75-31-25-42(5)47(14-2)40-75)54-23-29-70-60-21-18-51(78-11)37-57(54)60)72-68(73-64)82-66(45(8)76-32-26-43(6)48(15-3)41-76)55-24-30-71-61-22-19-52(79-12)38-58(55)61/h13-24,29-30,36-39,42-49,62,65-67H,1-3,9,25-28,31-35,40-41H2,4-8,10-12H3/b53-16+/t42?,43?,44?,45?,46?,47-,48?,49?,62+,65+,66-,67-/m0/s1. The molecule has 5 saturated heterocycles. The van der Waals surface area contributed by atoms with Gasteiger partial charge in [-0.05, 0) is 194 Å². The maximum Gasteiger partial charge on any atom is 0.323 e. The van der Waals surface area contributed by atoms with Crippen LogP contribution >= 0.6 is 0 Å². The third kappa shape index (κ3) is 12.2. The molecule has 3 aromatic heterocycles. The van der Waals surface area contributed by atoms with Crippen LogP contribution in [0.3, 0.4) is 0 Å². The number of hydrogen-bond donors (Lipinski definition) is 0. The summed E-state index contributed by atoms with van der Waals surface area (Å²) >= 11 is 0. The van der Waals surface area contributed by atoms with Gasteiger partial charge in [0.2, 0.25) is 11.8 Å². The lowest BCUT2D eigenvalue weighted by Gasteiger charge is -2.42. The van der Waals surface area contributed by atoms with E-state index >= 15 is 0 Å². The molecule has 5 aliphatic heterocycles. The van der Waals surface area contributed by atoms with Crippen LogP contribution in [-0.4, -0.2) is 126 Å². The van der Waals surface area contributed by atoms with Gasteiger partial charge in [0, 0.05) is 65.0 Å². The number of hydrogen-bond acceptors (Lipinski definition) is 14. The van der Waals surface area contributed by atoms with Crippen LogP contribution < -0.4 is 28.4 Å². The van der Waals surface area contributed by atoms with E-state index in [1.807, 2.05) is 73.1 Å². The quantitative estimate of drug-likeness (QED) is 0.0473. The third-order valence-corrected chi connectivity index (χ3v) is 18.8. The van der Waals surface area contributed by atoms with Crippen LogP contribution in [0.1, 0.15) is 95.6 Å². The minimum Gasteiger partial charge on any atom is -0.497 e. The lowest BCUT2D eigenvalue weighted by molar-refractivity contribution is 0.0290. The molecule has 6 aromatic rings. The highest BCUT2D eigenvalue weighted by molar-refractivity contribution is 5.85. The highest BCUT2D eigenvalue weighted by atomic mass is 16.5. The van der Waals surface area contributed by atoms with E-state index in [0.717, 1.165) is 133 Å². The van der Waals surface area contributed by atoms with E-state index in [0.29, 0.717) is 53.0 Å². The molecule has 0 radical (unpaired) electrons. The molecule has 0 spiro atoms. The molecule has 2 bridgehead atoms. The maximum absolute atomic E-state index is 7.66. The van der Waals surface area contributed by atoms with E-state index in [2.05, 4.69) is 117 Å². The molecule has 5 fully saturated rings. The van der Waals surface area contributed by atoms with E-state index in [9.17, 15) is 0 Å². The van der Waals surface area contributed by atoms with E-state index in [-0.39, 0.29) is 24.1 Å². The summed E-state index contributed by atoms with van der Waals surface area (Å²) in [7, 11) is 5.06. The number of allylic oxidation sites excluding steroid dienone is 2. The van der Waals surface area contributed by atoms with Gasteiger partial charge in [0.15, 0.2) is 0 Å². The van der Waals surface area contributed by atoms with Gasteiger partial charge in [-0.1, -0.05) is 38.2 Å². The molecule has 0 N–H and O–H groups in total. The highest BCUT2D eigenvalue weighted by Crippen LogP contribution is 2.45. The van der Waals surface area contributed by atoms with Crippen LogP contribution in [-0.2, 0) is 0 Å². The number of piperidine rings is 3. The largest absolute Gasteiger partial charge is 0.497 e. The fourth-order valence-electron chi connectivity index (χ4n) is 13.6. The van der Waals surface area contributed by atoms with Crippen molar-refractivity contribution >= 4 is 39.8 Å². The van der Waals surface area contributed by atoms with Gasteiger partial charge in [-0.25, -0.2) is 0 Å². The van der Waals surface area contributed by atoms with Crippen LogP contribution in [0.25, 0.3) is 27.4 Å². The SMILES string of the molecule is C=CC1CN(C(C)[C@H](Oc2nc(O[C@@H](c3ccnc4ccc(OC)cc34)C(C)N3CCC(C)[C@@H](C=C)C3)cc(O[C@@H](/C(=C/C)c3cc(OC)ccc3N=C)[C@H]3CC4CCN3CCC4C=C)n2)c2ccnc3ccc(OC)cc23)CCC1C. The number of likely N-dealkylation sites (tertiary alicyclic amines) is 2. The Kier molecular flexibility index (Phi) is 18.4. The second kappa shape index (κ2) is 26.0. The predicted octanol–water partition coefficient (Wildman–Crippen LogP) is 13.4. The molecular weight excluding hydrogens is 1020 g/mol. The monoisotopic (exact) mass is 1110 g/mol. The third-order valence-electron chi connectivity index (χ3n) is 18.8. The van der Waals surface area contributed by atoms with Crippen molar-refractivity contribution in [1.82, 2.24) is 34.6 Å². The Morgan fingerprint density at radius 1 is 0.622 bits per heavy atom. The van der Waals surface area contributed by atoms with Crippen molar-refractivity contribution in [3.05, 3.63) is 146 Å². The first kappa shape index (κ1) is 58.1. The van der Waals surface area contributed by atoms with E-state index in [1.165, 1.54) is 0 Å². The first-order chi connectivity index (χ1) is 39.9. The molecule has 8 unspecified atom stereocenters. The summed E-state index contributed by atoms with van der Waals surface area (Å²) in [5.41, 5.74) is 6.06. The van der Waals surface area contributed by atoms with Crippen LogP contribution in [0.2, 0.25) is 0 Å². The Morgan fingerprint density at radius 3 is 1.68 bits per heavy atom. The van der Waals surface area contributed by atoms with Gasteiger partial charge < -0.3 is 28.4 Å². The molecule has 14 nitrogen and oxygen atoms in total. The molecular formula is C68H84N8O6. The minimum atomic E-state index is -0.600. The normalized spacial score (nSPS) is 25.2. The lowest BCUT2D eigenvalue weighted by atomic mass is 9.79. The van der Waals surface area contributed by atoms with E-state index in [1.54, 1.807) is 21.3 Å². The predicted molar refractivity (Wildman–Crippen MR) is 329 cm³/mol. The topological polar surface area (TPSA) is 129 Å². The van der Waals surface area contributed by atoms with Crippen LogP contribution in [0.4, 0.5) is 5.69 Å². The Bertz CT molecular complexity index is 3130. The number of aromatic nitrogens is 4. The zero-order chi connectivity index (χ0) is 57.6. The number of nitrogens with zero attached hydrogens (tertiary/aromatic N) is 8. The van der Waals surface area contributed by atoms with Crippen molar-refractivity contribution in [1.29, 1.82) is 0 Å². The van der Waals surface area contributed by atoms with Crippen molar-refractivity contribution in [3.63, 3.8) is 0 Å². The van der Waals surface area contributed by atoms with Gasteiger partial charge in [-0.2, -0.15) is 9.97 Å². The zero-order valence-corrected chi connectivity index (χ0v) is 49.5. The average molecular weight is 1110 g/mol. The van der Waals surface area contributed by atoms with Gasteiger partial charge in [0.1, 0.15) is 35.6 Å². The maximum atomic E-state index is 7.66. The fraction of sp³-hybridized carbons (Fsp3) is 0.456. The van der Waals surface area contributed by atoms with Gasteiger partial charge >= 0.3 is 6.01 Å². The number of fused-ring (bicyclic) bond motifs is 6. The number of methoxy groups -OCH3 is 3. The summed E-state index contributed by atoms with van der Waals surface area (Å²) in [6.07, 6.45) is 15.6. The van der Waals surface area contributed by atoms with Crippen molar-refractivity contribution in [2.75, 3.05) is 60.6 Å². The summed E-state index contributed by atoms with van der Waals surface area (Å²) in [4.78, 5) is 32.5. The fourth-order valence-corrected chi connectivity index (χ4v) is 13.6. The first-order valence-corrected chi connectivity index (χ1v) is 29.5. The van der Waals surface area contributed by atoms with E-state index < -0.39 is 18.3 Å². The molecule has 0 saturated carbocycles. The second-order valence-electron chi connectivity index (χ2n) is 23.2. The summed E-state index contributed by atoms with van der Waals surface area (Å²) in [5.74, 6) is 5.21. The Labute approximate surface area is 486 Å². The number of pyridine rings is 2. The number of ether oxygens (including phenoxy) is 6. The minimum absolute atomic E-state index is 0.0436. The smallest absolute Gasteiger partial charge is 0.323 e. The molecule has 0 aliphatic carbocycles. The Morgan fingerprint density at radius 2 is 1.15 bits per heavy atom. The molecule has 3 aromatic carbocycles. The molecule has 14 heteroatoms. The van der Waals surface area contributed by atoms with Crippen molar-refractivity contribution < 1.29 is 28.4 Å². The first-order valence-electron chi connectivity index (χ1n) is 29.5. The number of rotatable bonds is 22. The molecule has 8 heterocycles. The molecule has 5 aliphatic rings. The average Bonchev–Trinajstić information content (AvgIpc) is 3.95. The van der Waals surface area contributed by atoms with Crippen molar-refractivity contribution in [3.8, 4) is 35.0 Å². The van der Waals surface area contributed by atoms with Gasteiger partial charge in [-0.15, -0.1) is 19.7 Å². The number of benzene rings is 3. The van der Waals surface area contributed by atoms with Gasteiger partial charge in [0.05, 0.1) is 50.2 Å². The van der Waals surface area contributed by atoms with E-state index in [4.69, 9.17) is 48.4 Å². The van der Waals surface area contributed by atoms with Crippen LogP contribution in [0.5, 0.6) is 35.0 Å². The summed E-state index contributed by atoms with van der Waals surface area (Å²) in [6, 6.07) is 23.6. The molecule has 432 valence electrons. The second-order valence-corrected chi connectivity index (χ2v) is 23.2. The van der Waals surface area contributed by atoms with Crippen LogP contribution in [0, 0.1) is 35.5 Å². The highest BCUT2D eigenvalue weighted by Gasteiger charge is 2.43. The Balaban J connectivity index is 1.16. The van der Waals surface area contributed by atoms with Crippen molar-refractivity contribution in [2.24, 2.45) is 40.5 Å². The van der Waals surface area contributed by atoms with Gasteiger partial charge in [-0.3, -0.25) is 29.7 Å². The lowest BCUT2D eigenvalue weighted by Crippen LogP contribution is -2.50. The summed E-state index contributed by atoms with van der Waals surface area (Å²) in [6.45, 7) is 33.4. The summed E-state index contributed by atoms with van der Waals surface area (Å²) < 4.78 is 40.3.